The minimum absolute atomic E-state index is 0.0318. The summed E-state index contributed by atoms with van der Waals surface area (Å²) in [5.41, 5.74) is 10.4. The first-order valence-corrected chi connectivity index (χ1v) is 15.7. The highest BCUT2D eigenvalue weighted by molar-refractivity contribution is 6.10. The van der Waals surface area contributed by atoms with Crippen molar-refractivity contribution in [2.45, 2.75) is 26.7 Å². The third-order valence-electron chi connectivity index (χ3n) is 8.93. The van der Waals surface area contributed by atoms with Gasteiger partial charge in [-0.3, -0.25) is 24.7 Å². The van der Waals surface area contributed by atoms with Gasteiger partial charge >= 0.3 is 0 Å². The Morgan fingerprint density at radius 1 is 0.837 bits per heavy atom. The molecule has 0 saturated heterocycles. The number of hydrogen-bond donors (Lipinski definition) is 3. The van der Waals surface area contributed by atoms with Gasteiger partial charge in [0.05, 0.1) is 47.2 Å². The molecule has 0 spiro atoms. The zero-order valence-corrected chi connectivity index (χ0v) is 27.6. The van der Waals surface area contributed by atoms with E-state index in [9.17, 15) is 19.7 Å². The van der Waals surface area contributed by atoms with Crippen molar-refractivity contribution >= 4 is 39.3 Å². The van der Waals surface area contributed by atoms with Gasteiger partial charge in [0.1, 0.15) is 11.5 Å². The van der Waals surface area contributed by atoms with Crippen LogP contribution >= 0.6 is 0 Å². The molecule has 6 rings (SSSR count). The predicted octanol–water partition coefficient (Wildman–Crippen LogP) is 6.28. The number of amides is 2. The first-order chi connectivity index (χ1) is 23.6. The van der Waals surface area contributed by atoms with Crippen LogP contribution in [0.2, 0.25) is 0 Å². The van der Waals surface area contributed by atoms with Gasteiger partial charge in [0.15, 0.2) is 0 Å². The number of rotatable bonds is 12. The number of aromatic nitrogens is 3. The number of methoxy groups -OCH3 is 2. The van der Waals surface area contributed by atoms with E-state index in [0.717, 1.165) is 32.9 Å². The molecule has 0 atom stereocenters. The van der Waals surface area contributed by atoms with E-state index in [0.29, 0.717) is 43.1 Å². The van der Waals surface area contributed by atoms with Gasteiger partial charge in [-0.1, -0.05) is 12.1 Å². The van der Waals surface area contributed by atoms with E-state index in [4.69, 9.17) is 15.2 Å². The number of ether oxygens (including phenoxy) is 2. The molecule has 0 unspecified atom stereocenters. The minimum atomic E-state index is -0.834. The number of pyridine rings is 1. The number of nitro benzene ring substituents is 1. The first-order valence-electron chi connectivity index (χ1n) is 15.7. The molecule has 2 amide bonds. The van der Waals surface area contributed by atoms with Crippen LogP contribution in [0.4, 0.5) is 5.69 Å². The van der Waals surface area contributed by atoms with Crippen LogP contribution in [-0.2, 0) is 12.8 Å². The maximum absolute atomic E-state index is 14.9. The molecule has 3 aromatic carbocycles. The van der Waals surface area contributed by atoms with Crippen LogP contribution in [0, 0.1) is 24.0 Å². The molecule has 6 aromatic rings. The summed E-state index contributed by atoms with van der Waals surface area (Å²) in [5, 5.41) is 14.1. The normalized spacial score (nSPS) is 11.2. The lowest BCUT2D eigenvalue weighted by Crippen LogP contribution is -2.36. The Morgan fingerprint density at radius 2 is 1.37 bits per heavy atom. The zero-order valence-electron chi connectivity index (χ0n) is 27.6. The fraction of sp³-hybridized carbons (Fsp3) is 0.216. The van der Waals surface area contributed by atoms with Gasteiger partial charge in [-0.15, -0.1) is 0 Å². The van der Waals surface area contributed by atoms with Crippen molar-refractivity contribution in [1.82, 2.24) is 19.9 Å². The monoisotopic (exact) mass is 660 g/mol. The SMILES string of the molecule is COc1ccc2[nH]cc(CCN(CCc3c[nH]c4ccc(OC)cc34)C(=O)c3c(C)nc(C)c(C(N)=O)c3-c3ccccc3[N+](=O)[O-])c2c1. The number of primary amides is 1. The number of carbonyl (C=O) groups is 2. The smallest absolute Gasteiger partial charge is 0.277 e. The summed E-state index contributed by atoms with van der Waals surface area (Å²) in [7, 11) is 3.22. The second-order valence-electron chi connectivity index (χ2n) is 11.8. The molecule has 12 heteroatoms. The number of carbonyl (C=O) groups excluding carboxylic acids is 2. The molecule has 0 aliphatic heterocycles. The topological polar surface area (TPSA) is 169 Å². The Hall–Kier alpha value is -6.17. The molecule has 0 aliphatic carbocycles. The van der Waals surface area contributed by atoms with E-state index in [1.165, 1.54) is 18.2 Å². The van der Waals surface area contributed by atoms with E-state index in [1.807, 2.05) is 48.8 Å². The standard InChI is InChI=1S/C37H36N6O6/c1-21-33(36(38)44)35(27-7-5-6-8-32(27)43(46)47)34(22(2)41-21)37(45)42(15-13-23-19-39-30-11-9-25(48-3)17-28(23)30)16-14-24-20-40-31-12-10-26(49-4)18-29(24)31/h5-12,17-20,39-40H,13-16H2,1-4H3,(H2,38,44). The number of benzene rings is 3. The molecule has 3 aromatic heterocycles. The second-order valence-corrected chi connectivity index (χ2v) is 11.8. The van der Waals surface area contributed by atoms with Crippen molar-refractivity contribution in [2.75, 3.05) is 27.3 Å². The number of nitrogens with zero attached hydrogens (tertiary/aromatic N) is 3. The summed E-state index contributed by atoms with van der Waals surface area (Å²) < 4.78 is 10.9. The molecular formula is C37H36N6O6. The lowest BCUT2D eigenvalue weighted by molar-refractivity contribution is -0.384. The average Bonchev–Trinajstić information content (AvgIpc) is 3.70. The number of aromatic amines is 2. The number of nitro groups is 1. The van der Waals surface area contributed by atoms with Crippen LogP contribution in [0.3, 0.4) is 0 Å². The van der Waals surface area contributed by atoms with Gasteiger partial charge in [-0.05, 0) is 80.3 Å². The molecule has 250 valence electrons. The average molecular weight is 661 g/mol. The van der Waals surface area contributed by atoms with Crippen molar-refractivity contribution in [1.29, 1.82) is 0 Å². The van der Waals surface area contributed by atoms with Gasteiger partial charge in [0, 0.05) is 58.9 Å². The third kappa shape index (κ3) is 6.28. The molecule has 3 heterocycles. The van der Waals surface area contributed by atoms with E-state index in [-0.39, 0.29) is 33.6 Å². The minimum Gasteiger partial charge on any atom is -0.497 e. The Balaban J connectivity index is 1.46. The zero-order chi connectivity index (χ0) is 34.8. The maximum Gasteiger partial charge on any atom is 0.277 e. The molecule has 4 N–H and O–H groups in total. The van der Waals surface area contributed by atoms with Crippen molar-refractivity contribution < 1.29 is 24.0 Å². The van der Waals surface area contributed by atoms with Gasteiger partial charge in [-0.25, -0.2) is 0 Å². The highest BCUT2D eigenvalue weighted by Crippen LogP contribution is 2.38. The fourth-order valence-electron chi connectivity index (χ4n) is 6.49. The summed E-state index contributed by atoms with van der Waals surface area (Å²) in [6.07, 6.45) is 4.81. The fourth-order valence-corrected chi connectivity index (χ4v) is 6.49. The van der Waals surface area contributed by atoms with Gasteiger partial charge < -0.3 is 30.1 Å². The van der Waals surface area contributed by atoms with Crippen LogP contribution in [0.15, 0.2) is 73.1 Å². The number of nitrogens with two attached hydrogens (primary N) is 1. The van der Waals surface area contributed by atoms with Crippen LogP contribution in [0.25, 0.3) is 32.9 Å². The molecule has 0 aliphatic rings. The van der Waals surface area contributed by atoms with Crippen LogP contribution < -0.4 is 15.2 Å². The third-order valence-corrected chi connectivity index (χ3v) is 8.93. The lowest BCUT2D eigenvalue weighted by Gasteiger charge is -2.26. The highest BCUT2D eigenvalue weighted by atomic mass is 16.6. The van der Waals surface area contributed by atoms with Crippen molar-refractivity contribution in [3.8, 4) is 22.6 Å². The number of H-pyrrole nitrogens is 2. The van der Waals surface area contributed by atoms with Crippen molar-refractivity contribution in [3.05, 3.63) is 117 Å². The molecule has 0 radical (unpaired) electrons. The van der Waals surface area contributed by atoms with Gasteiger partial charge in [0.2, 0.25) is 0 Å². The Labute approximate surface area is 282 Å². The summed E-state index contributed by atoms with van der Waals surface area (Å²) >= 11 is 0. The number of hydrogen-bond acceptors (Lipinski definition) is 7. The Bertz CT molecular complexity index is 2150. The van der Waals surface area contributed by atoms with Crippen LogP contribution in [0.5, 0.6) is 11.5 Å². The summed E-state index contributed by atoms with van der Waals surface area (Å²) in [6.45, 7) is 3.86. The van der Waals surface area contributed by atoms with E-state index in [2.05, 4.69) is 15.0 Å². The second kappa shape index (κ2) is 13.5. The summed E-state index contributed by atoms with van der Waals surface area (Å²) in [6, 6.07) is 17.6. The van der Waals surface area contributed by atoms with Gasteiger partial charge in [-0.2, -0.15) is 0 Å². The number of para-hydroxylation sites is 1. The van der Waals surface area contributed by atoms with Gasteiger partial charge in [0.25, 0.3) is 17.5 Å². The summed E-state index contributed by atoms with van der Waals surface area (Å²) in [4.78, 5) is 52.3. The Morgan fingerprint density at radius 3 is 1.88 bits per heavy atom. The number of nitrogens with one attached hydrogen (secondary N) is 2. The largest absolute Gasteiger partial charge is 0.497 e. The summed E-state index contributed by atoms with van der Waals surface area (Å²) in [5.74, 6) is 0.172. The molecule has 49 heavy (non-hydrogen) atoms. The molecular weight excluding hydrogens is 624 g/mol. The highest BCUT2D eigenvalue weighted by Gasteiger charge is 2.31. The molecule has 0 saturated carbocycles. The first kappa shape index (κ1) is 32.8. The number of aryl methyl sites for hydroxylation is 2. The van der Waals surface area contributed by atoms with E-state index < -0.39 is 16.7 Å². The quantitative estimate of drug-likeness (QED) is 0.102. The maximum atomic E-state index is 14.9. The predicted molar refractivity (Wildman–Crippen MR) is 187 cm³/mol. The lowest BCUT2D eigenvalue weighted by atomic mass is 9.90. The Kier molecular flexibility index (Phi) is 9.04. The van der Waals surface area contributed by atoms with E-state index in [1.54, 1.807) is 39.0 Å². The molecule has 12 nitrogen and oxygen atoms in total. The van der Waals surface area contributed by atoms with Crippen LogP contribution in [-0.4, -0.2) is 63.9 Å². The molecule has 0 fully saturated rings. The van der Waals surface area contributed by atoms with Crippen LogP contribution in [0.1, 0.15) is 43.2 Å². The van der Waals surface area contributed by atoms with E-state index >= 15 is 0 Å². The van der Waals surface area contributed by atoms with Crippen molar-refractivity contribution in [2.24, 2.45) is 5.73 Å². The van der Waals surface area contributed by atoms with Crippen molar-refractivity contribution in [3.63, 3.8) is 0 Å². The number of fused-ring (bicyclic) bond motifs is 2. The molecule has 0 bridgehead atoms.